The van der Waals surface area contributed by atoms with Gasteiger partial charge in [-0.25, -0.2) is 0 Å². The third-order valence-corrected chi connectivity index (χ3v) is 8.03. The number of aromatic nitrogens is 2. The van der Waals surface area contributed by atoms with Crippen LogP contribution in [-0.2, 0) is 12.8 Å². The average Bonchev–Trinajstić information content (AvgIpc) is 2.87. The summed E-state index contributed by atoms with van der Waals surface area (Å²) in [5.74, 6) is 1.51. The number of hydrogen-bond donors (Lipinski definition) is 0. The maximum atomic E-state index is 6.64. The lowest BCUT2D eigenvalue weighted by Crippen LogP contribution is -2.35. The van der Waals surface area contributed by atoms with E-state index in [-0.39, 0.29) is 11.0 Å². The molecule has 0 amide bonds. The maximum Gasteiger partial charge on any atom is 0.232 e. The van der Waals surface area contributed by atoms with E-state index in [4.69, 9.17) is 23.2 Å². The quantitative estimate of drug-likeness (QED) is 0.0961. The van der Waals surface area contributed by atoms with Crippen LogP contribution in [0.15, 0.2) is 49.1 Å². The lowest BCUT2D eigenvalue weighted by molar-refractivity contribution is -0.703. The van der Waals surface area contributed by atoms with Gasteiger partial charge in [-0.3, -0.25) is 0 Å². The Morgan fingerprint density at radius 3 is 1.11 bits per heavy atom. The van der Waals surface area contributed by atoms with Crippen LogP contribution in [0.3, 0.4) is 0 Å². The summed E-state index contributed by atoms with van der Waals surface area (Å²) in [4.78, 5) is 0. The van der Waals surface area contributed by atoms with E-state index in [0.29, 0.717) is 0 Å². The van der Waals surface area contributed by atoms with E-state index >= 15 is 0 Å². The second-order valence-electron chi connectivity index (χ2n) is 11.4. The van der Waals surface area contributed by atoms with Crippen molar-refractivity contribution >= 4 is 23.2 Å². The molecular weight excluding hydrogens is 483 g/mol. The number of nitrogens with zero attached hydrogens (tertiary/aromatic N) is 2. The first-order chi connectivity index (χ1) is 17.3. The Morgan fingerprint density at radius 1 is 0.500 bits per heavy atom. The molecule has 2 atom stereocenters. The summed E-state index contributed by atoms with van der Waals surface area (Å²) in [5, 5.41) is 0. The molecule has 0 bridgehead atoms. The molecule has 2 nitrogen and oxygen atoms in total. The Kier molecular flexibility index (Phi) is 15.7. The maximum absolute atomic E-state index is 6.64. The fraction of sp³-hybridized carbons (Fsp3) is 0.688. The SMILES string of the molecule is CC(C)CCc1cc[n+](C(Cl)CCCCCCCCCCC(Cl)[n+]2ccc(CCC(C)C)cc2)cc1. The summed E-state index contributed by atoms with van der Waals surface area (Å²) in [5.41, 5.74) is 2.97. The van der Waals surface area contributed by atoms with Crippen LogP contribution in [0.2, 0.25) is 0 Å². The predicted molar refractivity (Wildman–Crippen MR) is 156 cm³/mol. The highest BCUT2D eigenvalue weighted by molar-refractivity contribution is 6.18. The van der Waals surface area contributed by atoms with Gasteiger partial charge in [-0.05, 0) is 84.7 Å². The van der Waals surface area contributed by atoms with Crippen molar-refractivity contribution < 1.29 is 9.13 Å². The van der Waals surface area contributed by atoms with Gasteiger partial charge in [0.1, 0.15) is 0 Å². The van der Waals surface area contributed by atoms with E-state index in [0.717, 1.165) is 37.5 Å². The molecule has 2 rings (SSSR count). The second kappa shape index (κ2) is 18.2. The Labute approximate surface area is 232 Å². The van der Waals surface area contributed by atoms with Crippen molar-refractivity contribution in [3.63, 3.8) is 0 Å². The molecule has 0 aromatic carbocycles. The molecule has 2 aromatic rings. The van der Waals surface area contributed by atoms with Gasteiger partial charge in [0.05, 0.1) is 0 Å². The van der Waals surface area contributed by atoms with E-state index in [1.807, 2.05) is 0 Å². The van der Waals surface area contributed by atoms with Crippen LogP contribution in [-0.4, -0.2) is 0 Å². The van der Waals surface area contributed by atoms with Crippen molar-refractivity contribution in [3.05, 3.63) is 60.2 Å². The largest absolute Gasteiger partial charge is 0.232 e. The lowest BCUT2D eigenvalue weighted by Gasteiger charge is -2.08. The van der Waals surface area contributed by atoms with Crippen LogP contribution >= 0.6 is 23.2 Å². The molecule has 2 heterocycles. The number of hydrogen-bond acceptors (Lipinski definition) is 0. The Bertz CT molecular complexity index is 732. The van der Waals surface area contributed by atoms with Gasteiger partial charge in [0, 0.05) is 37.1 Å². The number of unbranched alkanes of at least 4 members (excludes halogenated alkanes) is 7. The van der Waals surface area contributed by atoms with Crippen LogP contribution in [0.4, 0.5) is 0 Å². The normalized spacial score (nSPS) is 13.4. The van der Waals surface area contributed by atoms with Crippen molar-refractivity contribution in [2.75, 3.05) is 0 Å². The minimum absolute atomic E-state index is 0.0711. The summed E-state index contributed by atoms with van der Waals surface area (Å²) in [6, 6.07) is 8.92. The third-order valence-electron chi connectivity index (χ3n) is 7.15. The predicted octanol–water partition coefficient (Wildman–Crippen LogP) is 9.51. The van der Waals surface area contributed by atoms with Gasteiger partial charge in [-0.2, -0.15) is 9.13 Å². The van der Waals surface area contributed by atoms with Gasteiger partial charge in [-0.15, -0.1) is 0 Å². The highest BCUT2D eigenvalue weighted by Crippen LogP contribution is 2.19. The van der Waals surface area contributed by atoms with Crippen molar-refractivity contribution in [2.24, 2.45) is 11.8 Å². The molecule has 2 unspecified atom stereocenters. The third kappa shape index (κ3) is 13.4. The van der Waals surface area contributed by atoms with E-state index in [9.17, 15) is 0 Å². The molecule has 0 fully saturated rings. The first kappa shape index (κ1) is 31.1. The van der Waals surface area contributed by atoms with Crippen molar-refractivity contribution in [1.29, 1.82) is 0 Å². The second-order valence-corrected chi connectivity index (χ2v) is 12.5. The van der Waals surface area contributed by atoms with E-state index in [1.54, 1.807) is 0 Å². The van der Waals surface area contributed by atoms with E-state index in [2.05, 4.69) is 85.9 Å². The summed E-state index contributed by atoms with van der Waals surface area (Å²) >= 11 is 13.3. The summed E-state index contributed by atoms with van der Waals surface area (Å²) in [7, 11) is 0. The zero-order valence-corrected chi connectivity index (χ0v) is 25.0. The van der Waals surface area contributed by atoms with Crippen LogP contribution in [0.1, 0.15) is 127 Å². The molecule has 36 heavy (non-hydrogen) atoms. The minimum atomic E-state index is 0.0711. The smallest absolute Gasteiger partial charge is 0.188 e. The van der Waals surface area contributed by atoms with E-state index < -0.39 is 0 Å². The lowest BCUT2D eigenvalue weighted by atomic mass is 10.0. The molecule has 0 aliphatic rings. The van der Waals surface area contributed by atoms with Gasteiger partial charge in [0.15, 0.2) is 24.8 Å². The van der Waals surface area contributed by atoms with E-state index in [1.165, 1.54) is 75.3 Å². The summed E-state index contributed by atoms with van der Waals surface area (Å²) in [6.45, 7) is 9.12. The molecule has 4 heteroatoms. The Balaban J connectivity index is 1.47. The minimum Gasteiger partial charge on any atom is -0.188 e. The van der Waals surface area contributed by atoms with Gasteiger partial charge < -0.3 is 0 Å². The van der Waals surface area contributed by atoms with Gasteiger partial charge in [0.2, 0.25) is 11.0 Å². The number of pyridine rings is 2. The van der Waals surface area contributed by atoms with Crippen LogP contribution in [0.25, 0.3) is 0 Å². The van der Waals surface area contributed by atoms with Crippen molar-refractivity contribution in [1.82, 2.24) is 0 Å². The standard InChI is InChI=1S/C32H52Cl2N2/c1-27(2)15-17-29-19-23-35(24-20-29)31(33)13-11-9-7-5-6-8-10-12-14-32(34)36-25-21-30(22-26-36)18-16-28(3)4/h19-28,31-32H,5-18H2,1-4H3/q+2. The van der Waals surface area contributed by atoms with Crippen molar-refractivity contribution in [2.45, 2.75) is 129 Å². The molecule has 0 spiro atoms. The summed E-state index contributed by atoms with van der Waals surface area (Å²) < 4.78 is 4.31. The molecule has 0 radical (unpaired) electrons. The Hall–Kier alpha value is -1.12. The van der Waals surface area contributed by atoms with Gasteiger partial charge >= 0.3 is 0 Å². The number of alkyl halides is 2. The molecule has 0 aliphatic carbocycles. The number of rotatable bonds is 19. The number of halogens is 2. The highest BCUT2D eigenvalue weighted by Gasteiger charge is 2.15. The number of aryl methyl sites for hydroxylation is 2. The van der Waals surface area contributed by atoms with Crippen LogP contribution in [0.5, 0.6) is 0 Å². The monoisotopic (exact) mass is 534 g/mol. The average molecular weight is 536 g/mol. The molecule has 0 N–H and O–H groups in total. The highest BCUT2D eigenvalue weighted by atomic mass is 35.5. The zero-order valence-electron chi connectivity index (χ0n) is 23.5. The Morgan fingerprint density at radius 2 is 0.806 bits per heavy atom. The fourth-order valence-corrected chi connectivity index (χ4v) is 5.11. The fourth-order valence-electron chi connectivity index (χ4n) is 4.54. The van der Waals surface area contributed by atoms with Crippen LogP contribution < -0.4 is 9.13 Å². The van der Waals surface area contributed by atoms with Gasteiger partial charge in [-0.1, -0.05) is 66.2 Å². The molecule has 0 saturated heterocycles. The summed E-state index contributed by atoms with van der Waals surface area (Å²) in [6.07, 6.45) is 25.8. The zero-order chi connectivity index (χ0) is 26.2. The first-order valence-electron chi connectivity index (χ1n) is 14.6. The molecular formula is C32H52Cl2N2+2. The first-order valence-corrected chi connectivity index (χ1v) is 15.5. The van der Waals surface area contributed by atoms with Crippen molar-refractivity contribution in [3.8, 4) is 0 Å². The molecule has 2 aromatic heterocycles. The topological polar surface area (TPSA) is 7.76 Å². The van der Waals surface area contributed by atoms with Crippen LogP contribution in [0, 0.1) is 11.8 Å². The molecule has 0 aliphatic heterocycles. The molecule has 202 valence electrons. The molecule has 0 saturated carbocycles. The van der Waals surface area contributed by atoms with Gasteiger partial charge in [0.25, 0.3) is 0 Å².